The average molecular weight is 454 g/mol. The van der Waals surface area contributed by atoms with E-state index in [0.29, 0.717) is 22.5 Å². The van der Waals surface area contributed by atoms with Gasteiger partial charge in [0.1, 0.15) is 5.70 Å². The van der Waals surface area contributed by atoms with Crippen LogP contribution in [0.1, 0.15) is 34.7 Å². The first kappa shape index (κ1) is 23.0. The van der Waals surface area contributed by atoms with E-state index < -0.39 is 11.8 Å². The van der Waals surface area contributed by atoms with Crippen molar-refractivity contribution in [2.24, 2.45) is 0 Å². The second-order valence-corrected chi connectivity index (χ2v) is 8.69. The van der Waals surface area contributed by atoms with Crippen LogP contribution < -0.4 is 15.5 Å². The van der Waals surface area contributed by atoms with Crippen LogP contribution in [0.15, 0.2) is 66.4 Å². The van der Waals surface area contributed by atoms with Crippen LogP contribution in [-0.4, -0.2) is 17.7 Å². The van der Waals surface area contributed by atoms with Gasteiger partial charge in [0.2, 0.25) is 5.91 Å². The summed E-state index contributed by atoms with van der Waals surface area (Å²) in [6, 6.07) is 18.4. The van der Waals surface area contributed by atoms with Gasteiger partial charge in [-0.3, -0.25) is 14.4 Å². The summed E-state index contributed by atoms with van der Waals surface area (Å²) in [7, 11) is 0. The average Bonchev–Trinajstić information content (AvgIpc) is 3.00. The lowest BCUT2D eigenvalue weighted by Crippen LogP contribution is -2.33. The maximum atomic E-state index is 13.7. The molecule has 0 spiro atoms. The number of benzene rings is 3. The third kappa shape index (κ3) is 4.35. The van der Waals surface area contributed by atoms with Crippen molar-refractivity contribution in [3.05, 3.63) is 94.2 Å². The molecular weight excluding hydrogens is 426 g/mol. The minimum Gasteiger partial charge on any atom is -0.350 e. The van der Waals surface area contributed by atoms with E-state index in [-0.39, 0.29) is 11.6 Å². The highest BCUT2D eigenvalue weighted by Crippen LogP contribution is 2.36. The Morgan fingerprint density at radius 3 is 1.97 bits per heavy atom. The number of hydrogen-bond donors (Lipinski definition) is 2. The first-order valence-electron chi connectivity index (χ1n) is 11.1. The quantitative estimate of drug-likeness (QED) is 0.516. The van der Waals surface area contributed by atoms with Crippen molar-refractivity contribution < 1.29 is 14.4 Å². The van der Waals surface area contributed by atoms with E-state index in [1.54, 1.807) is 30.3 Å². The third-order valence-electron chi connectivity index (χ3n) is 5.81. The fourth-order valence-corrected chi connectivity index (χ4v) is 4.20. The summed E-state index contributed by atoms with van der Waals surface area (Å²) < 4.78 is 0. The third-order valence-corrected chi connectivity index (χ3v) is 5.81. The van der Waals surface area contributed by atoms with Crippen LogP contribution in [0, 0.1) is 27.7 Å². The van der Waals surface area contributed by atoms with Gasteiger partial charge >= 0.3 is 0 Å². The molecule has 2 N–H and O–H groups in total. The number of carbonyl (C=O) groups excluding carboxylic acids is 3. The minimum absolute atomic E-state index is 0.183. The number of imide groups is 1. The van der Waals surface area contributed by atoms with E-state index >= 15 is 0 Å². The van der Waals surface area contributed by atoms with Crippen molar-refractivity contribution >= 4 is 40.4 Å². The monoisotopic (exact) mass is 453 g/mol. The van der Waals surface area contributed by atoms with E-state index in [9.17, 15) is 14.4 Å². The summed E-state index contributed by atoms with van der Waals surface area (Å²) in [5.41, 5.74) is 7.02. The molecule has 0 unspecified atom stereocenters. The molecule has 3 aromatic carbocycles. The predicted octanol–water partition coefficient (Wildman–Crippen LogP) is 5.28. The summed E-state index contributed by atoms with van der Waals surface area (Å²) in [5.74, 6) is -0.980. The Hall–Kier alpha value is -4.19. The van der Waals surface area contributed by atoms with Crippen molar-refractivity contribution in [3.63, 3.8) is 0 Å². The van der Waals surface area contributed by atoms with Crippen LogP contribution >= 0.6 is 0 Å². The summed E-state index contributed by atoms with van der Waals surface area (Å²) >= 11 is 0. The highest BCUT2D eigenvalue weighted by atomic mass is 16.2. The maximum absolute atomic E-state index is 13.7. The Balaban J connectivity index is 1.82. The lowest BCUT2D eigenvalue weighted by molar-refractivity contribution is -0.120. The van der Waals surface area contributed by atoms with Gasteiger partial charge in [0.05, 0.1) is 11.3 Å². The smallest absolute Gasteiger partial charge is 0.282 e. The number of nitrogens with zero attached hydrogens (tertiary/aromatic N) is 1. The molecule has 1 aliphatic heterocycles. The molecule has 0 aromatic heterocycles. The molecule has 0 radical (unpaired) electrons. The molecule has 4 rings (SSSR count). The molecule has 1 aliphatic rings. The van der Waals surface area contributed by atoms with Crippen LogP contribution in [-0.2, 0) is 14.4 Å². The second kappa shape index (κ2) is 8.98. The first-order valence-corrected chi connectivity index (χ1v) is 11.1. The van der Waals surface area contributed by atoms with Crippen molar-refractivity contribution in [1.82, 2.24) is 0 Å². The van der Waals surface area contributed by atoms with Gasteiger partial charge in [-0.25, -0.2) is 4.90 Å². The van der Waals surface area contributed by atoms with Crippen LogP contribution in [0.4, 0.5) is 17.1 Å². The van der Waals surface area contributed by atoms with Gasteiger partial charge in [0.25, 0.3) is 11.8 Å². The molecule has 172 valence electrons. The second-order valence-electron chi connectivity index (χ2n) is 8.69. The summed E-state index contributed by atoms with van der Waals surface area (Å²) in [4.78, 5) is 40.0. The lowest BCUT2D eigenvalue weighted by Gasteiger charge is -2.18. The highest BCUT2D eigenvalue weighted by molar-refractivity contribution is 6.46. The number of carbonyl (C=O) groups is 3. The van der Waals surface area contributed by atoms with Gasteiger partial charge in [-0.1, -0.05) is 47.5 Å². The van der Waals surface area contributed by atoms with Gasteiger partial charge in [0.15, 0.2) is 0 Å². The van der Waals surface area contributed by atoms with Crippen molar-refractivity contribution in [2.75, 3.05) is 15.5 Å². The minimum atomic E-state index is -0.405. The molecule has 1 heterocycles. The predicted molar refractivity (Wildman–Crippen MR) is 136 cm³/mol. The Kier molecular flexibility index (Phi) is 6.07. The standard InChI is InChI=1S/C28H27N3O3/c1-16-6-12-23(18(3)14-16)30-26-25(21-8-10-22(11-9-21)29-20(5)32)27(33)31(28(26)34)24-13-7-17(2)15-19(24)4/h6-15,30H,1-5H3,(H,29,32). The number of nitrogens with one attached hydrogen (secondary N) is 2. The van der Waals surface area contributed by atoms with E-state index in [1.165, 1.54) is 11.8 Å². The number of hydrogen-bond acceptors (Lipinski definition) is 4. The SMILES string of the molecule is CC(=O)Nc1ccc(C2=C(Nc3ccc(C)cc3C)C(=O)N(c3ccc(C)cc3C)C2=O)cc1. The molecule has 3 amide bonds. The van der Waals surface area contributed by atoms with E-state index in [2.05, 4.69) is 10.6 Å². The van der Waals surface area contributed by atoms with Gasteiger partial charge in [-0.05, 0) is 68.7 Å². The molecule has 0 bridgehead atoms. The van der Waals surface area contributed by atoms with Gasteiger partial charge in [0, 0.05) is 18.3 Å². The largest absolute Gasteiger partial charge is 0.350 e. The van der Waals surface area contributed by atoms with Crippen LogP contribution in [0.2, 0.25) is 0 Å². The van der Waals surface area contributed by atoms with Gasteiger partial charge in [-0.2, -0.15) is 0 Å². The molecule has 0 aliphatic carbocycles. The lowest BCUT2D eigenvalue weighted by atomic mass is 10.0. The van der Waals surface area contributed by atoms with Crippen molar-refractivity contribution in [2.45, 2.75) is 34.6 Å². The summed E-state index contributed by atoms with van der Waals surface area (Å²) in [6.07, 6.45) is 0. The molecule has 0 atom stereocenters. The Bertz CT molecular complexity index is 1350. The zero-order valence-corrected chi connectivity index (χ0v) is 19.9. The van der Waals surface area contributed by atoms with Gasteiger partial charge < -0.3 is 10.6 Å². The van der Waals surface area contributed by atoms with E-state index in [4.69, 9.17) is 0 Å². The Morgan fingerprint density at radius 2 is 1.38 bits per heavy atom. The van der Waals surface area contributed by atoms with E-state index in [1.807, 2.05) is 58.0 Å². The van der Waals surface area contributed by atoms with Crippen molar-refractivity contribution in [3.8, 4) is 0 Å². The molecule has 0 saturated carbocycles. The first-order chi connectivity index (χ1) is 16.2. The molecule has 34 heavy (non-hydrogen) atoms. The van der Waals surface area contributed by atoms with Crippen molar-refractivity contribution in [1.29, 1.82) is 0 Å². The number of anilines is 3. The fraction of sp³-hybridized carbons (Fsp3) is 0.179. The summed E-state index contributed by atoms with van der Waals surface area (Å²) in [5, 5.41) is 5.96. The Labute approximate surface area is 199 Å². The fourth-order valence-electron chi connectivity index (χ4n) is 4.20. The number of aryl methyl sites for hydroxylation is 4. The zero-order valence-electron chi connectivity index (χ0n) is 19.9. The van der Waals surface area contributed by atoms with Crippen LogP contribution in [0.3, 0.4) is 0 Å². The summed E-state index contributed by atoms with van der Waals surface area (Å²) in [6.45, 7) is 9.26. The molecule has 0 fully saturated rings. The normalized spacial score (nSPS) is 13.5. The van der Waals surface area contributed by atoms with E-state index in [0.717, 1.165) is 27.9 Å². The maximum Gasteiger partial charge on any atom is 0.282 e. The Morgan fingerprint density at radius 1 is 0.765 bits per heavy atom. The zero-order chi connectivity index (χ0) is 24.6. The number of rotatable bonds is 5. The topological polar surface area (TPSA) is 78.5 Å². The molecule has 6 nitrogen and oxygen atoms in total. The highest BCUT2D eigenvalue weighted by Gasteiger charge is 2.41. The van der Waals surface area contributed by atoms with Crippen LogP contribution in [0.5, 0.6) is 0 Å². The van der Waals surface area contributed by atoms with Gasteiger partial charge in [-0.15, -0.1) is 0 Å². The molecular formula is C28H27N3O3. The molecule has 3 aromatic rings. The molecule has 0 saturated heterocycles. The molecule has 6 heteroatoms. The van der Waals surface area contributed by atoms with Crippen LogP contribution in [0.25, 0.3) is 5.57 Å². The number of amides is 3.